The van der Waals surface area contributed by atoms with Gasteiger partial charge in [-0.2, -0.15) is 4.31 Å². The number of pyridine rings is 1. The number of nitrogens with zero attached hydrogens (tertiary/aromatic N) is 2. The maximum absolute atomic E-state index is 13.0. The van der Waals surface area contributed by atoms with Crippen LogP contribution in [0.4, 0.5) is 0 Å². The molecule has 1 atom stereocenters. The van der Waals surface area contributed by atoms with Crippen LogP contribution in [0, 0.1) is 5.92 Å². The van der Waals surface area contributed by atoms with Crippen molar-refractivity contribution in [2.45, 2.75) is 50.0 Å². The number of rotatable bonds is 5. The number of hydrogen-bond donors (Lipinski definition) is 1. The molecule has 1 amide bonds. The minimum Gasteiger partial charge on any atom is -0.349 e. The van der Waals surface area contributed by atoms with Gasteiger partial charge in [-0.3, -0.25) is 9.78 Å². The molecule has 29 heavy (non-hydrogen) atoms. The standard InChI is InChI=1S/C22H27N3O3S/c1-16(17-7-11-23-12-8-17)24-22(26)19-9-13-25(14-10-19)29(27,28)21-6-5-18-3-2-4-20(18)15-21/h5-8,11-12,15-16,19H,2-4,9-10,13-14H2,1H3,(H,24,26). The normalized spacial score (nSPS) is 18.9. The number of piperidine rings is 1. The van der Waals surface area contributed by atoms with Gasteiger partial charge in [-0.15, -0.1) is 0 Å². The predicted molar refractivity (Wildman–Crippen MR) is 111 cm³/mol. The van der Waals surface area contributed by atoms with Crippen LogP contribution in [-0.4, -0.2) is 36.7 Å². The van der Waals surface area contributed by atoms with Crippen LogP contribution in [0.15, 0.2) is 47.6 Å². The first-order chi connectivity index (χ1) is 13.9. The maximum Gasteiger partial charge on any atom is 0.243 e. The van der Waals surface area contributed by atoms with Crippen molar-refractivity contribution in [1.29, 1.82) is 0 Å². The van der Waals surface area contributed by atoms with E-state index in [1.807, 2.05) is 31.2 Å². The molecule has 1 aromatic heterocycles. The van der Waals surface area contributed by atoms with Crippen molar-refractivity contribution in [3.05, 3.63) is 59.4 Å². The number of nitrogens with one attached hydrogen (secondary N) is 1. The monoisotopic (exact) mass is 413 g/mol. The third kappa shape index (κ3) is 4.21. The molecule has 1 unspecified atom stereocenters. The second-order valence-corrected chi connectivity index (χ2v) is 9.91. The lowest BCUT2D eigenvalue weighted by Crippen LogP contribution is -2.43. The largest absolute Gasteiger partial charge is 0.349 e. The number of sulfonamides is 1. The molecular formula is C22H27N3O3S. The number of hydrogen-bond acceptors (Lipinski definition) is 4. The molecule has 0 spiro atoms. The molecule has 1 saturated heterocycles. The van der Waals surface area contributed by atoms with Crippen LogP contribution in [0.3, 0.4) is 0 Å². The second-order valence-electron chi connectivity index (χ2n) is 7.97. The summed E-state index contributed by atoms with van der Waals surface area (Å²) in [6, 6.07) is 9.20. The lowest BCUT2D eigenvalue weighted by Gasteiger charge is -2.31. The van der Waals surface area contributed by atoms with Gasteiger partial charge < -0.3 is 5.32 Å². The average molecular weight is 414 g/mol. The van der Waals surface area contributed by atoms with Crippen LogP contribution in [0.5, 0.6) is 0 Å². The van der Waals surface area contributed by atoms with Gasteiger partial charge in [0.2, 0.25) is 15.9 Å². The van der Waals surface area contributed by atoms with Crippen LogP contribution in [-0.2, 0) is 27.7 Å². The summed E-state index contributed by atoms with van der Waals surface area (Å²) < 4.78 is 27.6. The van der Waals surface area contributed by atoms with Crippen LogP contribution >= 0.6 is 0 Å². The van der Waals surface area contributed by atoms with E-state index in [9.17, 15) is 13.2 Å². The third-order valence-electron chi connectivity index (χ3n) is 6.10. The zero-order chi connectivity index (χ0) is 20.4. The van der Waals surface area contributed by atoms with Crippen molar-refractivity contribution >= 4 is 15.9 Å². The third-order valence-corrected chi connectivity index (χ3v) is 7.99. The van der Waals surface area contributed by atoms with E-state index in [4.69, 9.17) is 0 Å². The highest BCUT2D eigenvalue weighted by atomic mass is 32.2. The van der Waals surface area contributed by atoms with Crippen molar-refractivity contribution in [1.82, 2.24) is 14.6 Å². The molecule has 2 aromatic rings. The summed E-state index contributed by atoms with van der Waals surface area (Å²) in [6.45, 7) is 2.70. The minimum atomic E-state index is -3.50. The summed E-state index contributed by atoms with van der Waals surface area (Å²) >= 11 is 0. The fourth-order valence-corrected chi connectivity index (χ4v) is 5.80. The number of fused-ring (bicyclic) bond motifs is 1. The van der Waals surface area contributed by atoms with Crippen molar-refractivity contribution in [3.63, 3.8) is 0 Å². The highest BCUT2D eigenvalue weighted by molar-refractivity contribution is 7.89. The highest BCUT2D eigenvalue weighted by Gasteiger charge is 2.33. The molecule has 1 N–H and O–H groups in total. The van der Waals surface area contributed by atoms with Crippen LogP contribution in [0.1, 0.15) is 48.9 Å². The Labute approximate surface area is 172 Å². The molecule has 0 saturated carbocycles. The Morgan fingerprint density at radius 2 is 1.79 bits per heavy atom. The molecule has 154 valence electrons. The summed E-state index contributed by atoms with van der Waals surface area (Å²) in [5, 5.41) is 3.04. The molecule has 2 aliphatic rings. The number of carbonyl (C=O) groups is 1. The lowest BCUT2D eigenvalue weighted by molar-refractivity contribution is -0.126. The first kappa shape index (κ1) is 20.0. The average Bonchev–Trinajstić information content (AvgIpc) is 3.22. The van der Waals surface area contributed by atoms with Gasteiger partial charge in [0.05, 0.1) is 10.9 Å². The summed E-state index contributed by atoms with van der Waals surface area (Å²) in [5.74, 6) is -0.172. The predicted octanol–water partition coefficient (Wildman–Crippen LogP) is 2.85. The Bertz CT molecular complexity index is 984. The molecule has 1 fully saturated rings. The number of amides is 1. The van der Waals surface area contributed by atoms with E-state index in [1.54, 1.807) is 18.5 Å². The summed E-state index contributed by atoms with van der Waals surface area (Å²) in [5.41, 5.74) is 3.43. The van der Waals surface area contributed by atoms with Crippen LogP contribution in [0.25, 0.3) is 0 Å². The van der Waals surface area contributed by atoms with Gasteiger partial charge in [-0.1, -0.05) is 6.07 Å². The van der Waals surface area contributed by atoms with Crippen molar-refractivity contribution in [3.8, 4) is 0 Å². The van der Waals surface area contributed by atoms with Gasteiger partial charge in [0.15, 0.2) is 0 Å². The zero-order valence-electron chi connectivity index (χ0n) is 16.7. The Balaban J connectivity index is 1.37. The molecular weight excluding hydrogens is 386 g/mol. The number of carbonyl (C=O) groups excluding carboxylic acids is 1. The summed E-state index contributed by atoms with van der Waals surface area (Å²) in [4.78, 5) is 17.0. The van der Waals surface area contributed by atoms with Gasteiger partial charge >= 0.3 is 0 Å². The Morgan fingerprint density at radius 3 is 2.52 bits per heavy atom. The number of aromatic nitrogens is 1. The lowest BCUT2D eigenvalue weighted by atomic mass is 9.96. The summed E-state index contributed by atoms with van der Waals surface area (Å²) in [7, 11) is -3.50. The SMILES string of the molecule is CC(NC(=O)C1CCN(S(=O)(=O)c2ccc3c(c2)CCC3)CC1)c1ccncc1. The first-order valence-corrected chi connectivity index (χ1v) is 11.7. The molecule has 1 aliphatic heterocycles. The Morgan fingerprint density at radius 1 is 1.10 bits per heavy atom. The smallest absolute Gasteiger partial charge is 0.243 e. The fourth-order valence-electron chi connectivity index (χ4n) is 4.28. The molecule has 6 nitrogen and oxygen atoms in total. The number of aryl methyl sites for hydroxylation is 2. The quantitative estimate of drug-likeness (QED) is 0.817. The van der Waals surface area contributed by atoms with Gasteiger partial charge in [0.1, 0.15) is 0 Å². The van der Waals surface area contributed by atoms with Crippen LogP contribution in [0.2, 0.25) is 0 Å². The van der Waals surface area contributed by atoms with E-state index in [0.29, 0.717) is 30.8 Å². The van der Waals surface area contributed by atoms with E-state index in [2.05, 4.69) is 10.3 Å². The fraction of sp³-hybridized carbons (Fsp3) is 0.455. The van der Waals surface area contributed by atoms with E-state index in [0.717, 1.165) is 30.4 Å². The summed E-state index contributed by atoms with van der Waals surface area (Å²) in [6.07, 6.45) is 7.58. The highest BCUT2D eigenvalue weighted by Crippen LogP contribution is 2.29. The van der Waals surface area contributed by atoms with Gasteiger partial charge in [-0.25, -0.2) is 8.42 Å². The van der Waals surface area contributed by atoms with Crippen molar-refractivity contribution in [2.75, 3.05) is 13.1 Å². The van der Waals surface area contributed by atoms with E-state index < -0.39 is 10.0 Å². The van der Waals surface area contributed by atoms with Gasteiger partial charge in [0.25, 0.3) is 0 Å². The van der Waals surface area contributed by atoms with Gasteiger partial charge in [-0.05, 0) is 80.0 Å². The minimum absolute atomic E-state index is 0.0103. The maximum atomic E-state index is 13.0. The molecule has 7 heteroatoms. The molecule has 4 rings (SSSR count). The van der Waals surface area contributed by atoms with E-state index >= 15 is 0 Å². The van der Waals surface area contributed by atoms with Crippen molar-refractivity contribution in [2.24, 2.45) is 5.92 Å². The molecule has 0 bridgehead atoms. The zero-order valence-corrected chi connectivity index (χ0v) is 17.5. The Kier molecular flexibility index (Phi) is 5.69. The molecule has 2 heterocycles. The topological polar surface area (TPSA) is 79.4 Å². The molecule has 1 aromatic carbocycles. The second kappa shape index (κ2) is 8.24. The Hall–Kier alpha value is -2.25. The van der Waals surface area contributed by atoms with Crippen molar-refractivity contribution < 1.29 is 13.2 Å². The van der Waals surface area contributed by atoms with E-state index in [-0.39, 0.29) is 17.9 Å². The van der Waals surface area contributed by atoms with Gasteiger partial charge in [0, 0.05) is 31.4 Å². The molecule has 1 aliphatic carbocycles. The van der Waals surface area contributed by atoms with E-state index in [1.165, 1.54) is 9.87 Å². The number of benzene rings is 1. The first-order valence-electron chi connectivity index (χ1n) is 10.3. The van der Waals surface area contributed by atoms with Crippen LogP contribution < -0.4 is 5.32 Å². The molecule has 0 radical (unpaired) electrons.